The molecule has 4 fully saturated rings. The van der Waals surface area contributed by atoms with E-state index in [0.717, 1.165) is 17.9 Å². The first-order valence-corrected chi connectivity index (χ1v) is 9.21. The predicted octanol–water partition coefficient (Wildman–Crippen LogP) is 2.92. The number of rotatable bonds is 0. The van der Waals surface area contributed by atoms with E-state index in [4.69, 9.17) is 10.5 Å². The fourth-order valence-electron chi connectivity index (χ4n) is 6.33. The summed E-state index contributed by atoms with van der Waals surface area (Å²) in [6.07, 6.45) is 8.64. The Kier molecular flexibility index (Phi) is 2.29. The fraction of sp³-hybridized carbons (Fsp3) is 0.524. The Bertz CT molecular complexity index is 832. The molecule has 3 heteroatoms. The van der Waals surface area contributed by atoms with Crippen LogP contribution >= 0.6 is 0 Å². The zero-order chi connectivity index (χ0) is 16.0. The summed E-state index contributed by atoms with van der Waals surface area (Å²) < 4.78 is 6.39. The van der Waals surface area contributed by atoms with Crippen LogP contribution in [0.4, 0.5) is 5.69 Å². The quantitative estimate of drug-likeness (QED) is 0.454. The Morgan fingerprint density at radius 2 is 2.08 bits per heavy atom. The van der Waals surface area contributed by atoms with Crippen LogP contribution in [0.2, 0.25) is 0 Å². The molecule has 2 spiro atoms. The van der Waals surface area contributed by atoms with Crippen molar-refractivity contribution in [3.63, 3.8) is 0 Å². The van der Waals surface area contributed by atoms with Crippen molar-refractivity contribution in [3.05, 3.63) is 41.5 Å². The van der Waals surface area contributed by atoms with Crippen molar-refractivity contribution in [1.82, 2.24) is 4.90 Å². The minimum Gasteiger partial charge on any atom is -0.399 e. The molecule has 3 aliphatic heterocycles. The number of hydrogen-bond acceptors (Lipinski definition) is 3. The van der Waals surface area contributed by atoms with Crippen LogP contribution in [0.3, 0.4) is 0 Å². The molecule has 122 valence electrons. The number of ether oxygens (including phenoxy) is 1. The van der Waals surface area contributed by atoms with Gasteiger partial charge in [-0.15, -0.1) is 0 Å². The Hall–Kier alpha value is -1.76. The Morgan fingerprint density at radius 1 is 1.21 bits per heavy atom. The van der Waals surface area contributed by atoms with Crippen LogP contribution in [0.25, 0.3) is 0 Å². The van der Waals surface area contributed by atoms with Crippen LogP contribution in [0.15, 0.2) is 35.9 Å². The Balaban J connectivity index is 1.44. The number of nitrogen functional groups attached to an aromatic ring is 1. The van der Waals surface area contributed by atoms with Crippen molar-refractivity contribution < 1.29 is 4.74 Å². The van der Waals surface area contributed by atoms with Gasteiger partial charge in [0.05, 0.1) is 12.0 Å². The number of piperidine rings is 2. The monoisotopic (exact) mass is 318 g/mol. The van der Waals surface area contributed by atoms with E-state index in [1.165, 1.54) is 38.6 Å². The van der Waals surface area contributed by atoms with Crippen molar-refractivity contribution in [2.24, 2.45) is 11.3 Å². The van der Waals surface area contributed by atoms with E-state index in [9.17, 15) is 0 Å². The van der Waals surface area contributed by atoms with Crippen LogP contribution in [0.5, 0.6) is 0 Å². The molecular weight excluding hydrogens is 296 g/mol. The lowest BCUT2D eigenvalue weighted by molar-refractivity contribution is -0.194. The minimum absolute atomic E-state index is 0.0191. The molecule has 1 aromatic rings. The van der Waals surface area contributed by atoms with Crippen LogP contribution in [0.1, 0.15) is 37.7 Å². The summed E-state index contributed by atoms with van der Waals surface area (Å²) in [6, 6.07) is 7.94. The first kappa shape index (κ1) is 13.5. The van der Waals surface area contributed by atoms with E-state index in [0.29, 0.717) is 5.92 Å². The minimum atomic E-state index is 0.0191. The summed E-state index contributed by atoms with van der Waals surface area (Å²) >= 11 is 0. The van der Waals surface area contributed by atoms with Gasteiger partial charge >= 0.3 is 0 Å². The van der Waals surface area contributed by atoms with Gasteiger partial charge in [0.25, 0.3) is 0 Å². The maximum Gasteiger partial charge on any atom is 0.129 e. The second-order valence-electron chi connectivity index (χ2n) is 8.17. The second-order valence-corrected chi connectivity index (χ2v) is 8.17. The lowest BCUT2D eigenvalue weighted by Gasteiger charge is -2.53. The Labute approximate surface area is 142 Å². The van der Waals surface area contributed by atoms with E-state index in [-0.39, 0.29) is 16.7 Å². The number of nitrogens with two attached hydrogens (primary N) is 1. The smallest absolute Gasteiger partial charge is 0.129 e. The highest BCUT2D eigenvalue weighted by molar-refractivity contribution is 5.59. The molecule has 24 heavy (non-hydrogen) atoms. The molecule has 6 rings (SSSR count). The van der Waals surface area contributed by atoms with Crippen molar-refractivity contribution >= 4 is 5.69 Å². The maximum atomic E-state index is 6.39. The fourth-order valence-corrected chi connectivity index (χ4v) is 6.33. The average molecular weight is 318 g/mol. The molecule has 1 aromatic carbocycles. The summed E-state index contributed by atoms with van der Waals surface area (Å²) in [4.78, 5) is 2.74. The van der Waals surface area contributed by atoms with Crippen molar-refractivity contribution in [1.29, 1.82) is 0 Å². The normalized spacial score (nSPS) is 44.2. The molecule has 2 saturated carbocycles. The zero-order valence-electron chi connectivity index (χ0n) is 13.8. The van der Waals surface area contributed by atoms with Crippen LogP contribution < -0.4 is 5.73 Å². The lowest BCUT2D eigenvalue weighted by Crippen LogP contribution is -2.61. The molecule has 3 nitrogen and oxygen atoms in total. The number of anilines is 1. The molecule has 2 N–H and O–H groups in total. The van der Waals surface area contributed by atoms with Gasteiger partial charge in [-0.3, -0.25) is 4.90 Å². The summed E-state index contributed by atoms with van der Waals surface area (Å²) in [5.74, 6) is 7.76. The molecule has 2 aliphatic carbocycles. The predicted molar refractivity (Wildman–Crippen MR) is 92.9 cm³/mol. The van der Waals surface area contributed by atoms with Crippen LogP contribution in [-0.4, -0.2) is 29.3 Å². The van der Waals surface area contributed by atoms with Gasteiger partial charge in [0.2, 0.25) is 0 Å². The SMILES string of the molecule is Nc1ccc(C#CC23C[C@]24C[C@@H]2C3=CCOC23CCCCN34)cc1. The third kappa shape index (κ3) is 1.32. The highest BCUT2D eigenvalue weighted by Crippen LogP contribution is 2.82. The van der Waals surface area contributed by atoms with E-state index in [1.54, 1.807) is 5.57 Å². The molecular formula is C21H22N2O. The van der Waals surface area contributed by atoms with Gasteiger partial charge in [0.1, 0.15) is 5.72 Å². The van der Waals surface area contributed by atoms with E-state index >= 15 is 0 Å². The highest BCUT2D eigenvalue weighted by Gasteiger charge is 2.86. The third-order valence-electron chi connectivity index (χ3n) is 7.29. The number of hydrogen-bond donors (Lipinski definition) is 1. The first-order chi connectivity index (χ1) is 11.7. The molecule has 2 unspecified atom stereocenters. The van der Waals surface area contributed by atoms with E-state index in [2.05, 4.69) is 22.8 Å². The average Bonchev–Trinajstić information content (AvgIpc) is 3.03. The summed E-state index contributed by atoms with van der Waals surface area (Å²) in [5.41, 5.74) is 9.65. The standard InChI is InChI=1S/C21H22N2O/c22-16-5-3-15(4-6-16)7-10-19-14-20(19)13-18-17(19)8-12-24-21(18)9-1-2-11-23(20)21/h3-6,8,18H,1-2,9,11-14,22H2/t18-,19?,20-,21?/m1/s1. The zero-order valence-corrected chi connectivity index (χ0v) is 13.8. The van der Waals surface area contributed by atoms with E-state index in [1.807, 2.05) is 24.3 Å². The Morgan fingerprint density at radius 3 is 2.96 bits per heavy atom. The summed E-state index contributed by atoms with van der Waals surface area (Å²) in [6.45, 7) is 1.96. The van der Waals surface area contributed by atoms with E-state index < -0.39 is 0 Å². The highest BCUT2D eigenvalue weighted by atomic mass is 16.5. The number of fused-ring (bicyclic) bond motifs is 1. The molecule has 5 aliphatic rings. The van der Waals surface area contributed by atoms with Crippen LogP contribution in [0, 0.1) is 23.2 Å². The third-order valence-corrected chi connectivity index (χ3v) is 7.29. The van der Waals surface area contributed by atoms with Gasteiger partial charge in [0.15, 0.2) is 0 Å². The van der Waals surface area contributed by atoms with Crippen molar-refractivity contribution in [2.45, 2.75) is 43.4 Å². The molecule has 2 saturated heterocycles. The largest absolute Gasteiger partial charge is 0.399 e. The van der Waals surface area contributed by atoms with Gasteiger partial charge in [-0.1, -0.05) is 17.9 Å². The molecule has 4 atom stereocenters. The lowest BCUT2D eigenvalue weighted by atomic mass is 9.76. The van der Waals surface area contributed by atoms with Gasteiger partial charge in [0, 0.05) is 29.3 Å². The maximum absolute atomic E-state index is 6.39. The summed E-state index contributed by atoms with van der Waals surface area (Å²) in [5, 5.41) is 0. The molecule has 0 aromatic heterocycles. The molecule has 2 bridgehead atoms. The van der Waals surface area contributed by atoms with Crippen LogP contribution in [-0.2, 0) is 4.74 Å². The van der Waals surface area contributed by atoms with Gasteiger partial charge in [-0.25, -0.2) is 0 Å². The molecule has 0 amide bonds. The number of nitrogens with zero attached hydrogens (tertiary/aromatic N) is 1. The molecule has 3 heterocycles. The second kappa shape index (κ2) is 4.07. The van der Waals surface area contributed by atoms with Gasteiger partial charge in [-0.2, -0.15) is 0 Å². The van der Waals surface area contributed by atoms with Gasteiger partial charge in [-0.05, 0) is 61.9 Å². The topological polar surface area (TPSA) is 38.5 Å². The van der Waals surface area contributed by atoms with Crippen molar-refractivity contribution in [3.8, 4) is 11.8 Å². The van der Waals surface area contributed by atoms with Crippen molar-refractivity contribution in [2.75, 3.05) is 18.9 Å². The first-order valence-electron chi connectivity index (χ1n) is 9.21. The summed E-state index contributed by atoms with van der Waals surface area (Å²) in [7, 11) is 0. The van der Waals surface area contributed by atoms with Gasteiger partial charge < -0.3 is 10.5 Å². The molecule has 0 radical (unpaired) electrons. The number of benzene rings is 1.